The van der Waals surface area contributed by atoms with Crippen LogP contribution in [0, 0.1) is 0 Å². The van der Waals surface area contributed by atoms with Gasteiger partial charge in [0.25, 0.3) is 0 Å². The van der Waals surface area contributed by atoms with Crippen molar-refractivity contribution < 1.29 is 14.3 Å². The maximum absolute atomic E-state index is 12.3. The van der Waals surface area contributed by atoms with Gasteiger partial charge < -0.3 is 14.8 Å². The number of benzene rings is 3. The van der Waals surface area contributed by atoms with E-state index in [1.54, 1.807) is 42.5 Å². The van der Waals surface area contributed by atoms with Crippen LogP contribution in [-0.2, 0) is 4.79 Å². The number of fused-ring (bicyclic) bond motifs is 1. The number of nitrogens with one attached hydrogen (secondary N) is 2. The lowest BCUT2D eigenvalue weighted by atomic mass is 10.2. The van der Waals surface area contributed by atoms with Gasteiger partial charge in [0.2, 0.25) is 5.91 Å². The molecule has 9 heteroatoms. The zero-order valence-electron chi connectivity index (χ0n) is 18.6. The number of thiazole rings is 1. The Morgan fingerprint density at radius 1 is 1.06 bits per heavy atom. The monoisotopic (exact) mass is 531 g/mol. The molecule has 0 unspecified atom stereocenters. The Labute approximate surface area is 220 Å². The third kappa shape index (κ3) is 5.46. The van der Waals surface area contributed by atoms with Crippen LogP contribution in [0.1, 0.15) is 5.76 Å². The van der Waals surface area contributed by atoms with Gasteiger partial charge in [0.15, 0.2) is 5.11 Å². The Morgan fingerprint density at radius 2 is 1.86 bits per heavy atom. The number of thiocarbonyl (C=S) groups is 1. The number of hydrogen-bond acceptors (Lipinski definition) is 6. The maximum atomic E-state index is 12.3. The van der Waals surface area contributed by atoms with Crippen LogP contribution in [-0.4, -0.2) is 21.1 Å². The first-order valence-corrected chi connectivity index (χ1v) is 12.4. The molecule has 5 aromatic rings. The highest BCUT2D eigenvalue weighted by Crippen LogP contribution is 2.36. The highest BCUT2D eigenvalue weighted by molar-refractivity contribution is 7.80. The van der Waals surface area contributed by atoms with E-state index < -0.39 is 5.91 Å². The van der Waals surface area contributed by atoms with E-state index in [-0.39, 0.29) is 10.9 Å². The fourth-order valence-corrected chi connectivity index (χ4v) is 4.79. The van der Waals surface area contributed by atoms with Gasteiger partial charge in [0.05, 0.1) is 15.8 Å². The van der Waals surface area contributed by atoms with E-state index in [1.807, 2.05) is 42.5 Å². The molecule has 2 heterocycles. The van der Waals surface area contributed by atoms with Crippen LogP contribution in [0.15, 0.2) is 89.4 Å². The van der Waals surface area contributed by atoms with Crippen LogP contribution in [0.4, 0.5) is 5.69 Å². The minimum Gasteiger partial charge on any atom is -0.507 e. The number of anilines is 1. The quantitative estimate of drug-likeness (QED) is 0.127. The Bertz CT molecular complexity index is 1570. The third-order valence-corrected chi connectivity index (χ3v) is 6.70. The number of amides is 1. The number of halogens is 1. The lowest BCUT2D eigenvalue weighted by Gasteiger charge is -2.10. The molecule has 3 aromatic carbocycles. The molecule has 5 rings (SSSR count). The van der Waals surface area contributed by atoms with Crippen LogP contribution < -0.4 is 10.6 Å². The molecule has 0 saturated carbocycles. The van der Waals surface area contributed by atoms with Gasteiger partial charge in [-0.05, 0) is 85.0 Å². The number of carbonyl (C=O) groups excluding carboxylic acids is 1. The van der Waals surface area contributed by atoms with E-state index in [0.29, 0.717) is 32.8 Å². The normalized spacial score (nSPS) is 11.1. The molecule has 0 fully saturated rings. The number of para-hydroxylation sites is 1. The minimum absolute atomic E-state index is 0.105. The van der Waals surface area contributed by atoms with Crippen molar-refractivity contribution >= 4 is 68.2 Å². The predicted octanol–water partition coefficient (Wildman–Crippen LogP) is 7.11. The molecule has 0 atom stereocenters. The van der Waals surface area contributed by atoms with Gasteiger partial charge in [-0.15, -0.1) is 11.3 Å². The number of hydrogen-bond donors (Lipinski definition) is 3. The molecular weight excluding hydrogens is 514 g/mol. The Kier molecular flexibility index (Phi) is 6.81. The van der Waals surface area contributed by atoms with Crippen molar-refractivity contribution in [2.45, 2.75) is 0 Å². The van der Waals surface area contributed by atoms with Gasteiger partial charge in [0, 0.05) is 22.3 Å². The topological polar surface area (TPSA) is 87.4 Å². The van der Waals surface area contributed by atoms with Gasteiger partial charge in [0.1, 0.15) is 22.3 Å². The van der Waals surface area contributed by atoms with Crippen molar-refractivity contribution in [1.82, 2.24) is 10.3 Å². The first kappa shape index (κ1) is 23.7. The van der Waals surface area contributed by atoms with Crippen LogP contribution in [0.3, 0.4) is 0 Å². The molecular formula is C27H18ClN3O3S2. The number of rotatable bonds is 5. The van der Waals surface area contributed by atoms with E-state index in [4.69, 9.17) is 28.2 Å². The molecule has 3 N–H and O–H groups in total. The van der Waals surface area contributed by atoms with Crippen LogP contribution in [0.5, 0.6) is 5.75 Å². The standard InChI is InChI=1S/C27H18ClN3O3S2/c28-17-7-5-16(6-8-17)23-13-10-19(34-23)11-14-25(33)31-27(35)29-18-9-12-22(32)20(15-18)26-30-21-3-1-2-4-24(21)36-26/h1-15,32H,(H2,29,31,33,35). The summed E-state index contributed by atoms with van der Waals surface area (Å²) in [5.74, 6) is 0.879. The van der Waals surface area contributed by atoms with E-state index >= 15 is 0 Å². The number of aromatic hydroxyl groups is 1. The summed E-state index contributed by atoms with van der Waals surface area (Å²) < 4.78 is 6.79. The summed E-state index contributed by atoms with van der Waals surface area (Å²) in [5, 5.41) is 17.4. The van der Waals surface area contributed by atoms with E-state index in [1.165, 1.54) is 17.4 Å². The lowest BCUT2D eigenvalue weighted by Crippen LogP contribution is -2.32. The first-order chi connectivity index (χ1) is 17.4. The zero-order valence-corrected chi connectivity index (χ0v) is 21.0. The van der Waals surface area contributed by atoms with Crippen molar-refractivity contribution in [2.75, 3.05) is 5.32 Å². The molecule has 0 radical (unpaired) electrons. The number of carbonyl (C=O) groups is 1. The van der Waals surface area contributed by atoms with Gasteiger partial charge in [-0.25, -0.2) is 4.98 Å². The molecule has 178 valence electrons. The molecule has 0 aliphatic carbocycles. The largest absolute Gasteiger partial charge is 0.507 e. The minimum atomic E-state index is -0.415. The summed E-state index contributed by atoms with van der Waals surface area (Å²) in [4.78, 5) is 16.9. The highest BCUT2D eigenvalue weighted by atomic mass is 35.5. The second kappa shape index (κ2) is 10.3. The summed E-state index contributed by atoms with van der Waals surface area (Å²) in [7, 11) is 0. The summed E-state index contributed by atoms with van der Waals surface area (Å²) in [5.41, 5.74) is 2.93. The van der Waals surface area contributed by atoms with Crippen molar-refractivity contribution in [1.29, 1.82) is 0 Å². The van der Waals surface area contributed by atoms with E-state index in [9.17, 15) is 9.90 Å². The van der Waals surface area contributed by atoms with E-state index in [2.05, 4.69) is 15.6 Å². The fourth-order valence-electron chi connectivity index (χ4n) is 3.46. The summed E-state index contributed by atoms with van der Waals surface area (Å²) in [6.07, 6.45) is 2.89. The zero-order chi connectivity index (χ0) is 25.1. The summed E-state index contributed by atoms with van der Waals surface area (Å²) in [6, 6.07) is 23.6. The molecule has 0 bridgehead atoms. The molecule has 6 nitrogen and oxygen atoms in total. The SMILES string of the molecule is O=C(C=Cc1ccc(-c2ccc(Cl)cc2)o1)NC(=S)Nc1ccc(O)c(-c2nc3ccccc3s2)c1. The van der Waals surface area contributed by atoms with Gasteiger partial charge in [-0.2, -0.15) is 0 Å². The molecule has 2 aromatic heterocycles. The van der Waals surface area contributed by atoms with Crippen LogP contribution in [0.25, 0.3) is 38.2 Å². The Balaban J connectivity index is 1.22. The van der Waals surface area contributed by atoms with Crippen molar-refractivity contribution in [3.8, 4) is 27.6 Å². The lowest BCUT2D eigenvalue weighted by molar-refractivity contribution is -0.115. The van der Waals surface area contributed by atoms with Crippen LogP contribution >= 0.6 is 35.2 Å². The molecule has 36 heavy (non-hydrogen) atoms. The fraction of sp³-hybridized carbons (Fsp3) is 0. The second-order valence-electron chi connectivity index (χ2n) is 7.70. The van der Waals surface area contributed by atoms with Crippen molar-refractivity contribution in [3.05, 3.63) is 95.7 Å². The average molecular weight is 532 g/mol. The molecule has 0 spiro atoms. The molecule has 0 aliphatic heterocycles. The number of phenolic OH excluding ortho intramolecular Hbond substituents is 1. The number of nitrogens with zero attached hydrogens (tertiary/aromatic N) is 1. The van der Waals surface area contributed by atoms with Gasteiger partial charge >= 0.3 is 0 Å². The van der Waals surface area contributed by atoms with Gasteiger partial charge in [-0.3, -0.25) is 10.1 Å². The molecule has 0 aliphatic rings. The molecule has 0 saturated heterocycles. The Morgan fingerprint density at radius 3 is 2.67 bits per heavy atom. The number of aromatic nitrogens is 1. The summed E-state index contributed by atoms with van der Waals surface area (Å²) in [6.45, 7) is 0. The third-order valence-electron chi connectivity index (χ3n) is 5.17. The number of phenols is 1. The van der Waals surface area contributed by atoms with Crippen molar-refractivity contribution in [2.24, 2.45) is 0 Å². The Hall–Kier alpha value is -3.98. The average Bonchev–Trinajstić information content (AvgIpc) is 3.51. The predicted molar refractivity (Wildman–Crippen MR) is 149 cm³/mol. The van der Waals surface area contributed by atoms with Gasteiger partial charge in [-0.1, -0.05) is 23.7 Å². The van der Waals surface area contributed by atoms with Crippen molar-refractivity contribution in [3.63, 3.8) is 0 Å². The number of furan rings is 1. The van der Waals surface area contributed by atoms with Crippen LogP contribution in [0.2, 0.25) is 5.02 Å². The smallest absolute Gasteiger partial charge is 0.250 e. The summed E-state index contributed by atoms with van der Waals surface area (Å²) >= 11 is 12.7. The highest BCUT2D eigenvalue weighted by Gasteiger charge is 2.12. The van der Waals surface area contributed by atoms with E-state index in [0.717, 1.165) is 15.8 Å². The molecule has 1 amide bonds. The first-order valence-electron chi connectivity index (χ1n) is 10.8. The second-order valence-corrected chi connectivity index (χ2v) is 9.58. The maximum Gasteiger partial charge on any atom is 0.250 e.